The van der Waals surface area contributed by atoms with Gasteiger partial charge >= 0.3 is 0 Å². The molecular weight excluding hydrogens is 454 g/mol. The molecule has 9 nitrogen and oxygen atoms in total. The SMILES string of the molecule is CCn1cc(C(=O)N2CC3(C2)CN(c2cncc(N4C(=O)c5ccc(C#N)cc5C4(C)C)c2)C3)cn1. The van der Waals surface area contributed by atoms with Gasteiger partial charge in [0.15, 0.2) is 0 Å². The Bertz CT molecular complexity index is 1440. The lowest BCUT2D eigenvalue weighted by atomic mass is 9.72. The largest absolute Gasteiger partial charge is 0.369 e. The highest BCUT2D eigenvalue weighted by molar-refractivity contribution is 6.12. The Hall–Kier alpha value is -4.19. The van der Waals surface area contributed by atoms with Crippen LogP contribution in [0, 0.1) is 16.7 Å². The first-order valence-corrected chi connectivity index (χ1v) is 12.2. The van der Waals surface area contributed by atoms with E-state index < -0.39 is 5.54 Å². The van der Waals surface area contributed by atoms with Gasteiger partial charge in [-0.1, -0.05) is 0 Å². The van der Waals surface area contributed by atoms with Crippen LogP contribution >= 0.6 is 0 Å². The Morgan fingerprint density at radius 3 is 2.53 bits per heavy atom. The number of hydrogen-bond acceptors (Lipinski definition) is 6. The fourth-order valence-electron chi connectivity index (χ4n) is 5.84. The van der Waals surface area contributed by atoms with Crippen molar-refractivity contribution in [3.63, 3.8) is 0 Å². The molecule has 0 radical (unpaired) electrons. The number of hydrogen-bond donors (Lipinski definition) is 0. The van der Waals surface area contributed by atoms with E-state index in [1.54, 1.807) is 46.4 Å². The number of nitriles is 1. The third-order valence-corrected chi connectivity index (χ3v) is 7.73. The van der Waals surface area contributed by atoms with Gasteiger partial charge in [-0.2, -0.15) is 10.4 Å². The van der Waals surface area contributed by atoms with Crippen molar-refractivity contribution in [3.05, 3.63) is 71.3 Å². The van der Waals surface area contributed by atoms with Crippen molar-refractivity contribution >= 4 is 23.2 Å². The van der Waals surface area contributed by atoms with Crippen LogP contribution in [0.5, 0.6) is 0 Å². The number of amides is 2. The molecule has 2 fully saturated rings. The number of nitrogens with zero attached hydrogens (tertiary/aromatic N) is 7. The van der Waals surface area contributed by atoms with Crippen molar-refractivity contribution in [3.8, 4) is 6.07 Å². The first kappa shape index (κ1) is 22.3. The maximum Gasteiger partial charge on any atom is 0.259 e. The number of carbonyl (C=O) groups excluding carboxylic acids is 2. The quantitative estimate of drug-likeness (QED) is 0.568. The van der Waals surface area contributed by atoms with Crippen molar-refractivity contribution in [1.82, 2.24) is 19.7 Å². The zero-order valence-electron chi connectivity index (χ0n) is 20.6. The molecule has 3 aliphatic heterocycles. The Labute approximate surface area is 209 Å². The number of carbonyl (C=O) groups is 2. The van der Waals surface area contributed by atoms with Crippen molar-refractivity contribution in [2.24, 2.45) is 5.41 Å². The summed E-state index contributed by atoms with van der Waals surface area (Å²) in [5.41, 5.74) is 3.86. The Morgan fingerprint density at radius 2 is 1.83 bits per heavy atom. The van der Waals surface area contributed by atoms with Gasteiger partial charge in [0.1, 0.15) is 0 Å². The van der Waals surface area contributed by atoms with E-state index in [0.29, 0.717) is 16.7 Å². The van der Waals surface area contributed by atoms with Gasteiger partial charge in [-0.25, -0.2) is 0 Å². The summed E-state index contributed by atoms with van der Waals surface area (Å²) in [7, 11) is 0. The number of anilines is 2. The van der Waals surface area contributed by atoms with Gasteiger partial charge in [0, 0.05) is 49.9 Å². The lowest BCUT2D eigenvalue weighted by molar-refractivity contribution is -0.0105. The van der Waals surface area contributed by atoms with E-state index in [1.807, 2.05) is 37.9 Å². The van der Waals surface area contributed by atoms with E-state index in [-0.39, 0.29) is 17.2 Å². The van der Waals surface area contributed by atoms with Gasteiger partial charge in [-0.3, -0.25) is 24.2 Å². The van der Waals surface area contributed by atoms with E-state index >= 15 is 0 Å². The van der Waals surface area contributed by atoms with Crippen LogP contribution in [0.15, 0.2) is 49.1 Å². The number of aromatic nitrogens is 3. The maximum absolute atomic E-state index is 13.3. The third-order valence-electron chi connectivity index (χ3n) is 7.73. The van der Waals surface area contributed by atoms with E-state index in [4.69, 9.17) is 0 Å². The van der Waals surface area contributed by atoms with Crippen LogP contribution in [0.2, 0.25) is 0 Å². The molecule has 0 saturated carbocycles. The summed E-state index contributed by atoms with van der Waals surface area (Å²) in [4.78, 5) is 36.4. The van der Waals surface area contributed by atoms with Crippen molar-refractivity contribution < 1.29 is 9.59 Å². The van der Waals surface area contributed by atoms with E-state index in [9.17, 15) is 14.9 Å². The molecule has 9 heteroatoms. The minimum atomic E-state index is -0.601. The molecule has 182 valence electrons. The number of likely N-dealkylation sites (tertiary alicyclic amines) is 1. The molecule has 3 aromatic rings. The highest BCUT2D eigenvalue weighted by atomic mass is 16.2. The molecule has 36 heavy (non-hydrogen) atoms. The van der Waals surface area contributed by atoms with Crippen LogP contribution in [-0.4, -0.2) is 57.7 Å². The van der Waals surface area contributed by atoms with Crippen LogP contribution in [-0.2, 0) is 12.1 Å². The lowest BCUT2D eigenvalue weighted by Gasteiger charge is -2.60. The molecule has 6 rings (SSSR count). The normalized spacial score (nSPS) is 19.1. The second kappa shape index (κ2) is 7.65. The second-order valence-electron chi connectivity index (χ2n) is 10.6. The summed E-state index contributed by atoms with van der Waals surface area (Å²) in [6.45, 7) is 9.89. The van der Waals surface area contributed by atoms with Crippen molar-refractivity contribution in [2.45, 2.75) is 32.9 Å². The number of rotatable bonds is 4. The van der Waals surface area contributed by atoms with Gasteiger partial charge in [0.2, 0.25) is 0 Å². The molecule has 2 aromatic heterocycles. The topological polar surface area (TPSA) is 98.4 Å². The molecule has 5 heterocycles. The summed E-state index contributed by atoms with van der Waals surface area (Å²) in [6.07, 6.45) is 6.99. The van der Waals surface area contributed by atoms with E-state index in [0.717, 1.165) is 49.7 Å². The average molecular weight is 482 g/mol. The smallest absolute Gasteiger partial charge is 0.259 e. The van der Waals surface area contributed by atoms with Crippen LogP contribution in [0.3, 0.4) is 0 Å². The Morgan fingerprint density at radius 1 is 1.08 bits per heavy atom. The maximum atomic E-state index is 13.3. The van der Waals surface area contributed by atoms with E-state index in [1.165, 1.54) is 0 Å². The minimum Gasteiger partial charge on any atom is -0.369 e. The van der Waals surface area contributed by atoms with Crippen LogP contribution < -0.4 is 9.80 Å². The Balaban J connectivity index is 1.15. The molecule has 2 amide bonds. The van der Waals surface area contributed by atoms with Gasteiger partial charge in [-0.05, 0) is 50.6 Å². The van der Waals surface area contributed by atoms with Crippen molar-refractivity contribution in [1.29, 1.82) is 5.26 Å². The van der Waals surface area contributed by atoms with Gasteiger partial charge < -0.3 is 9.80 Å². The van der Waals surface area contributed by atoms with Crippen LogP contribution in [0.4, 0.5) is 11.4 Å². The summed E-state index contributed by atoms with van der Waals surface area (Å²) in [6, 6.07) is 9.41. The lowest BCUT2D eigenvalue weighted by Crippen LogP contribution is -2.73. The molecular formula is C27H27N7O2. The van der Waals surface area contributed by atoms with Gasteiger partial charge in [0.05, 0.1) is 52.7 Å². The van der Waals surface area contributed by atoms with Crippen LogP contribution in [0.1, 0.15) is 52.6 Å². The molecule has 2 saturated heterocycles. The standard InChI is InChI=1S/C27H27N7O2/c1-4-33-13-19(10-30-33)24(35)32-16-27(17-32)14-31(15-27)20-8-21(12-29-11-20)34-25(36)22-6-5-18(9-28)7-23(22)26(34,2)3/h5-8,10-13H,4,14-17H2,1-3H3. The average Bonchev–Trinajstić information content (AvgIpc) is 3.38. The predicted octanol–water partition coefficient (Wildman–Crippen LogP) is 3.03. The third kappa shape index (κ3) is 3.21. The number of benzene rings is 1. The highest BCUT2D eigenvalue weighted by Gasteiger charge is 2.53. The molecule has 3 aliphatic rings. The number of aryl methyl sites for hydroxylation is 1. The second-order valence-corrected chi connectivity index (χ2v) is 10.6. The minimum absolute atomic E-state index is 0.0383. The zero-order valence-corrected chi connectivity index (χ0v) is 20.6. The molecule has 1 aromatic carbocycles. The molecule has 0 aliphatic carbocycles. The van der Waals surface area contributed by atoms with Gasteiger partial charge in [0.25, 0.3) is 11.8 Å². The molecule has 1 spiro atoms. The summed E-state index contributed by atoms with van der Waals surface area (Å²) < 4.78 is 1.77. The number of fused-ring (bicyclic) bond motifs is 1. The fourth-order valence-corrected chi connectivity index (χ4v) is 5.84. The monoisotopic (exact) mass is 481 g/mol. The molecule has 0 unspecified atom stereocenters. The zero-order chi connectivity index (χ0) is 25.2. The highest BCUT2D eigenvalue weighted by Crippen LogP contribution is 2.45. The van der Waals surface area contributed by atoms with Crippen molar-refractivity contribution in [2.75, 3.05) is 36.0 Å². The van der Waals surface area contributed by atoms with E-state index in [2.05, 4.69) is 21.1 Å². The summed E-state index contributed by atoms with van der Waals surface area (Å²) in [5.74, 6) is -0.0469. The van der Waals surface area contributed by atoms with Gasteiger partial charge in [-0.15, -0.1) is 0 Å². The first-order chi connectivity index (χ1) is 17.2. The number of pyridine rings is 1. The molecule has 0 N–H and O–H groups in total. The van der Waals surface area contributed by atoms with Crippen LogP contribution in [0.25, 0.3) is 0 Å². The fraction of sp³-hybridized carbons (Fsp3) is 0.370. The summed E-state index contributed by atoms with van der Waals surface area (Å²) in [5, 5.41) is 13.5. The first-order valence-electron chi connectivity index (χ1n) is 12.2. The predicted molar refractivity (Wildman–Crippen MR) is 134 cm³/mol. The summed E-state index contributed by atoms with van der Waals surface area (Å²) >= 11 is 0. The molecule has 0 atom stereocenters. The molecule has 0 bridgehead atoms. The Kier molecular flexibility index (Phi) is 4.74.